The highest BCUT2D eigenvalue weighted by molar-refractivity contribution is 6.35. The number of benzene rings is 1. The number of carbonyl (C=O) groups is 2. The summed E-state index contributed by atoms with van der Waals surface area (Å²) in [6, 6.07) is 4.68. The summed E-state index contributed by atoms with van der Waals surface area (Å²) in [7, 11) is 3.50. The van der Waals surface area contributed by atoms with Gasteiger partial charge in [0.25, 0.3) is 5.91 Å². The Morgan fingerprint density at radius 3 is 2.04 bits per heavy atom. The Labute approximate surface area is 146 Å². The van der Waals surface area contributed by atoms with E-state index in [-0.39, 0.29) is 17.9 Å². The fraction of sp³-hybridized carbons (Fsp3) is 0.500. The van der Waals surface area contributed by atoms with Gasteiger partial charge in [0.05, 0.1) is 6.04 Å². The molecule has 0 bridgehead atoms. The van der Waals surface area contributed by atoms with Crippen molar-refractivity contribution in [3.63, 3.8) is 0 Å². The molecule has 1 saturated heterocycles. The summed E-state index contributed by atoms with van der Waals surface area (Å²) in [5, 5.41) is 0.898. The Kier molecular flexibility index (Phi) is 5.89. The van der Waals surface area contributed by atoms with Crippen molar-refractivity contribution in [3.05, 3.63) is 33.8 Å². The molecular formula is C16H21Cl2N3O2. The molecule has 1 atom stereocenters. The van der Waals surface area contributed by atoms with Crippen LogP contribution in [0.1, 0.15) is 17.3 Å². The number of amides is 2. The van der Waals surface area contributed by atoms with E-state index < -0.39 is 0 Å². The van der Waals surface area contributed by atoms with Crippen LogP contribution in [0.3, 0.4) is 0 Å². The Balaban J connectivity index is 1.98. The van der Waals surface area contributed by atoms with Gasteiger partial charge in [0, 0.05) is 55.9 Å². The van der Waals surface area contributed by atoms with E-state index in [1.165, 1.54) is 0 Å². The Morgan fingerprint density at radius 2 is 1.57 bits per heavy atom. The van der Waals surface area contributed by atoms with Gasteiger partial charge in [0.1, 0.15) is 0 Å². The van der Waals surface area contributed by atoms with Gasteiger partial charge in [0.2, 0.25) is 5.91 Å². The maximum Gasteiger partial charge on any atom is 0.254 e. The van der Waals surface area contributed by atoms with Crippen molar-refractivity contribution < 1.29 is 9.59 Å². The highest BCUT2D eigenvalue weighted by atomic mass is 35.5. The van der Waals surface area contributed by atoms with Crippen molar-refractivity contribution in [2.45, 2.75) is 13.0 Å². The van der Waals surface area contributed by atoms with E-state index in [0.717, 1.165) is 0 Å². The number of hydrogen-bond donors (Lipinski definition) is 0. The molecule has 2 rings (SSSR count). The Morgan fingerprint density at radius 1 is 1.04 bits per heavy atom. The number of rotatable bonds is 3. The molecule has 0 radical (unpaired) electrons. The topological polar surface area (TPSA) is 43.9 Å². The monoisotopic (exact) mass is 357 g/mol. The predicted molar refractivity (Wildman–Crippen MR) is 92.1 cm³/mol. The van der Waals surface area contributed by atoms with E-state index in [1.54, 1.807) is 42.1 Å². The molecule has 1 heterocycles. The fourth-order valence-corrected chi connectivity index (χ4v) is 3.23. The summed E-state index contributed by atoms with van der Waals surface area (Å²) >= 11 is 11.9. The molecule has 0 aromatic heterocycles. The molecule has 1 aromatic rings. The molecule has 1 aliphatic rings. The number of piperazine rings is 1. The van der Waals surface area contributed by atoms with Crippen LogP contribution < -0.4 is 0 Å². The van der Waals surface area contributed by atoms with Crippen LogP contribution >= 0.6 is 23.2 Å². The fourth-order valence-electron chi connectivity index (χ4n) is 2.70. The van der Waals surface area contributed by atoms with Gasteiger partial charge in [-0.15, -0.1) is 0 Å². The van der Waals surface area contributed by atoms with Gasteiger partial charge in [-0.3, -0.25) is 14.5 Å². The number of carbonyl (C=O) groups excluding carboxylic acids is 2. The van der Waals surface area contributed by atoms with Crippen molar-refractivity contribution in [1.29, 1.82) is 0 Å². The van der Waals surface area contributed by atoms with Gasteiger partial charge < -0.3 is 9.80 Å². The average Bonchev–Trinajstić information content (AvgIpc) is 2.52. The minimum absolute atomic E-state index is 0.0754. The van der Waals surface area contributed by atoms with Crippen LogP contribution in [-0.2, 0) is 4.79 Å². The van der Waals surface area contributed by atoms with E-state index in [4.69, 9.17) is 23.2 Å². The second-order valence-corrected chi connectivity index (χ2v) is 6.77. The van der Waals surface area contributed by atoms with E-state index >= 15 is 0 Å². The summed E-state index contributed by atoms with van der Waals surface area (Å²) in [6.07, 6.45) is 0. The van der Waals surface area contributed by atoms with E-state index in [0.29, 0.717) is 41.8 Å². The summed E-state index contributed by atoms with van der Waals surface area (Å²) in [5.41, 5.74) is 0.494. The first-order valence-electron chi connectivity index (χ1n) is 7.50. The largest absolute Gasteiger partial charge is 0.347 e. The van der Waals surface area contributed by atoms with Gasteiger partial charge in [0.15, 0.2) is 0 Å². The van der Waals surface area contributed by atoms with Crippen molar-refractivity contribution in [3.8, 4) is 0 Å². The Bertz CT molecular complexity index is 579. The zero-order chi connectivity index (χ0) is 17.1. The highest BCUT2D eigenvalue weighted by Crippen LogP contribution is 2.21. The molecule has 126 valence electrons. The lowest BCUT2D eigenvalue weighted by Gasteiger charge is -2.38. The number of nitrogens with zero attached hydrogens (tertiary/aromatic N) is 3. The molecule has 1 unspecified atom stereocenters. The maximum atomic E-state index is 12.5. The van der Waals surface area contributed by atoms with Crippen LogP contribution in [0.25, 0.3) is 0 Å². The number of likely N-dealkylation sites (N-methyl/N-ethyl adjacent to an activating group) is 1. The third-order valence-electron chi connectivity index (χ3n) is 4.06. The molecule has 5 nitrogen and oxygen atoms in total. The lowest BCUT2D eigenvalue weighted by molar-refractivity contribution is -0.134. The molecule has 1 aromatic carbocycles. The second-order valence-electron chi connectivity index (χ2n) is 5.89. The van der Waals surface area contributed by atoms with Crippen molar-refractivity contribution in [2.24, 2.45) is 0 Å². The van der Waals surface area contributed by atoms with Crippen molar-refractivity contribution >= 4 is 35.0 Å². The van der Waals surface area contributed by atoms with Gasteiger partial charge in [-0.05, 0) is 25.1 Å². The number of hydrogen-bond acceptors (Lipinski definition) is 3. The Hall–Kier alpha value is -1.30. The summed E-state index contributed by atoms with van der Waals surface area (Å²) < 4.78 is 0. The normalized spacial score (nSPS) is 17.0. The zero-order valence-corrected chi connectivity index (χ0v) is 15.1. The lowest BCUT2D eigenvalue weighted by atomic mass is 10.1. The van der Waals surface area contributed by atoms with Crippen LogP contribution in [0.4, 0.5) is 0 Å². The van der Waals surface area contributed by atoms with Gasteiger partial charge in [-0.2, -0.15) is 0 Å². The van der Waals surface area contributed by atoms with Crippen LogP contribution in [-0.4, -0.2) is 72.8 Å². The average molecular weight is 358 g/mol. The summed E-state index contributed by atoms with van der Waals surface area (Å²) in [6.45, 7) is 4.39. The summed E-state index contributed by atoms with van der Waals surface area (Å²) in [4.78, 5) is 30.0. The molecule has 2 amide bonds. The minimum Gasteiger partial charge on any atom is -0.347 e. The van der Waals surface area contributed by atoms with Gasteiger partial charge >= 0.3 is 0 Å². The van der Waals surface area contributed by atoms with Crippen LogP contribution in [0.5, 0.6) is 0 Å². The van der Waals surface area contributed by atoms with E-state index in [1.807, 2.05) is 6.92 Å². The van der Waals surface area contributed by atoms with Gasteiger partial charge in [-0.25, -0.2) is 0 Å². The van der Waals surface area contributed by atoms with Crippen LogP contribution in [0.15, 0.2) is 18.2 Å². The third-order valence-corrected chi connectivity index (χ3v) is 4.49. The van der Waals surface area contributed by atoms with Gasteiger partial charge in [-0.1, -0.05) is 23.2 Å². The third kappa shape index (κ3) is 4.37. The molecular weight excluding hydrogens is 337 g/mol. The van der Waals surface area contributed by atoms with Crippen LogP contribution in [0, 0.1) is 0 Å². The molecule has 0 spiro atoms. The molecule has 0 N–H and O–H groups in total. The molecule has 1 aliphatic heterocycles. The first-order chi connectivity index (χ1) is 10.8. The predicted octanol–water partition coefficient (Wildman–Crippen LogP) is 2.23. The zero-order valence-electron chi connectivity index (χ0n) is 13.6. The van der Waals surface area contributed by atoms with E-state index in [9.17, 15) is 9.59 Å². The SMILES string of the molecule is CC(C(=O)N(C)C)N1CCN(C(=O)c2cc(Cl)cc(Cl)c2)CC1. The highest BCUT2D eigenvalue weighted by Gasteiger charge is 2.28. The van der Waals surface area contributed by atoms with E-state index in [2.05, 4.69) is 4.90 Å². The lowest BCUT2D eigenvalue weighted by Crippen LogP contribution is -2.54. The smallest absolute Gasteiger partial charge is 0.254 e. The maximum absolute atomic E-state index is 12.5. The molecule has 23 heavy (non-hydrogen) atoms. The van der Waals surface area contributed by atoms with Crippen molar-refractivity contribution in [2.75, 3.05) is 40.3 Å². The molecule has 1 fully saturated rings. The summed E-state index contributed by atoms with van der Waals surface area (Å²) in [5.74, 6) is -0.00737. The minimum atomic E-state index is -0.178. The quantitative estimate of drug-likeness (QED) is 0.832. The van der Waals surface area contributed by atoms with Crippen LogP contribution in [0.2, 0.25) is 10.0 Å². The molecule has 0 saturated carbocycles. The second kappa shape index (κ2) is 7.51. The molecule has 0 aliphatic carbocycles. The number of halogens is 2. The molecule has 7 heteroatoms. The first kappa shape index (κ1) is 18.0. The van der Waals surface area contributed by atoms with Crippen molar-refractivity contribution in [1.82, 2.24) is 14.7 Å². The standard InChI is InChI=1S/C16H21Cl2N3O2/c1-11(15(22)19(2)3)20-4-6-21(7-5-20)16(23)12-8-13(17)10-14(18)9-12/h8-11H,4-7H2,1-3H3. The first-order valence-corrected chi connectivity index (χ1v) is 8.25.